The van der Waals surface area contributed by atoms with E-state index in [1.807, 2.05) is 24.3 Å². The van der Waals surface area contributed by atoms with Crippen LogP contribution in [0.25, 0.3) is 0 Å². The SMILES string of the molecule is CC(C)c1ccc(NC(=S)NNC(=O)CCSc2ccc(F)c(F)c2)cc1. The molecule has 2 aromatic rings. The zero-order valence-electron chi connectivity index (χ0n) is 15.0. The normalized spacial score (nSPS) is 10.6. The Kier molecular flexibility index (Phi) is 7.99. The predicted octanol–water partition coefficient (Wildman–Crippen LogP) is 4.59. The van der Waals surface area contributed by atoms with Crippen LogP contribution in [0.4, 0.5) is 14.5 Å². The first-order chi connectivity index (χ1) is 12.8. The minimum atomic E-state index is -0.899. The summed E-state index contributed by atoms with van der Waals surface area (Å²) in [5.41, 5.74) is 7.18. The van der Waals surface area contributed by atoms with Gasteiger partial charge in [-0.3, -0.25) is 15.6 Å². The van der Waals surface area contributed by atoms with Crippen LogP contribution in [-0.2, 0) is 4.79 Å². The summed E-state index contributed by atoms with van der Waals surface area (Å²) < 4.78 is 26.0. The van der Waals surface area contributed by atoms with Gasteiger partial charge in [-0.05, 0) is 54.0 Å². The first-order valence-electron chi connectivity index (χ1n) is 8.39. The minimum Gasteiger partial charge on any atom is -0.331 e. The molecule has 3 N–H and O–H groups in total. The summed E-state index contributed by atoms with van der Waals surface area (Å²) in [5.74, 6) is -1.17. The molecule has 8 heteroatoms. The van der Waals surface area contributed by atoms with E-state index in [0.717, 1.165) is 17.8 Å². The van der Waals surface area contributed by atoms with Crippen molar-refractivity contribution >= 4 is 40.7 Å². The fraction of sp³-hybridized carbons (Fsp3) is 0.263. The van der Waals surface area contributed by atoms with Gasteiger partial charge in [0.15, 0.2) is 16.7 Å². The second kappa shape index (κ2) is 10.2. The summed E-state index contributed by atoms with van der Waals surface area (Å²) >= 11 is 6.40. The van der Waals surface area contributed by atoms with Crippen molar-refractivity contribution in [2.75, 3.05) is 11.1 Å². The van der Waals surface area contributed by atoms with Gasteiger partial charge in [-0.2, -0.15) is 0 Å². The van der Waals surface area contributed by atoms with E-state index in [9.17, 15) is 13.6 Å². The molecule has 0 aromatic heterocycles. The molecular formula is C19H21F2N3OS2. The number of hydrogen-bond acceptors (Lipinski definition) is 3. The number of hydrogen-bond donors (Lipinski definition) is 3. The molecule has 27 heavy (non-hydrogen) atoms. The van der Waals surface area contributed by atoms with Gasteiger partial charge in [-0.1, -0.05) is 26.0 Å². The van der Waals surface area contributed by atoms with Crippen molar-refractivity contribution in [1.29, 1.82) is 0 Å². The van der Waals surface area contributed by atoms with Crippen molar-refractivity contribution in [3.63, 3.8) is 0 Å². The highest BCUT2D eigenvalue weighted by Gasteiger charge is 2.06. The summed E-state index contributed by atoms with van der Waals surface area (Å²) in [7, 11) is 0. The molecule has 0 unspecified atom stereocenters. The third kappa shape index (κ3) is 7.15. The largest absolute Gasteiger partial charge is 0.331 e. The Morgan fingerprint density at radius 1 is 1.07 bits per heavy atom. The maximum atomic E-state index is 13.1. The number of rotatable bonds is 6. The molecule has 2 aromatic carbocycles. The minimum absolute atomic E-state index is 0.197. The Labute approximate surface area is 167 Å². The van der Waals surface area contributed by atoms with Crippen LogP contribution < -0.4 is 16.2 Å². The number of thioether (sulfide) groups is 1. The molecule has 0 fully saturated rings. The van der Waals surface area contributed by atoms with Crippen molar-refractivity contribution in [2.24, 2.45) is 0 Å². The zero-order valence-corrected chi connectivity index (χ0v) is 16.6. The zero-order chi connectivity index (χ0) is 19.8. The molecule has 0 spiro atoms. The van der Waals surface area contributed by atoms with Gasteiger partial charge in [-0.25, -0.2) is 8.78 Å². The van der Waals surface area contributed by atoms with Gasteiger partial charge < -0.3 is 5.32 Å². The number of carbonyl (C=O) groups is 1. The molecule has 2 rings (SSSR count). The van der Waals surface area contributed by atoms with Gasteiger partial charge in [0.25, 0.3) is 0 Å². The average Bonchev–Trinajstić information content (AvgIpc) is 2.63. The third-order valence-electron chi connectivity index (χ3n) is 3.64. The van der Waals surface area contributed by atoms with Crippen molar-refractivity contribution in [2.45, 2.75) is 31.1 Å². The van der Waals surface area contributed by atoms with Crippen molar-refractivity contribution < 1.29 is 13.6 Å². The highest BCUT2D eigenvalue weighted by atomic mass is 32.2. The van der Waals surface area contributed by atoms with Crippen LogP contribution in [0, 0.1) is 11.6 Å². The maximum absolute atomic E-state index is 13.1. The van der Waals surface area contributed by atoms with E-state index in [0.29, 0.717) is 16.6 Å². The number of amides is 1. The van der Waals surface area contributed by atoms with Crippen LogP contribution in [0.15, 0.2) is 47.4 Å². The highest BCUT2D eigenvalue weighted by Crippen LogP contribution is 2.21. The van der Waals surface area contributed by atoms with Gasteiger partial charge in [0, 0.05) is 22.8 Å². The molecule has 0 heterocycles. The number of anilines is 1. The number of thiocarbonyl (C=S) groups is 1. The lowest BCUT2D eigenvalue weighted by atomic mass is 10.0. The summed E-state index contributed by atoms with van der Waals surface area (Å²) in [6.07, 6.45) is 0.197. The molecular weight excluding hydrogens is 388 g/mol. The van der Waals surface area contributed by atoms with Gasteiger partial charge in [0.05, 0.1) is 0 Å². The second-order valence-electron chi connectivity index (χ2n) is 6.08. The van der Waals surface area contributed by atoms with Crippen LogP contribution in [0.5, 0.6) is 0 Å². The lowest BCUT2D eigenvalue weighted by molar-refractivity contribution is -0.121. The van der Waals surface area contributed by atoms with E-state index < -0.39 is 11.6 Å². The van der Waals surface area contributed by atoms with E-state index in [2.05, 4.69) is 30.0 Å². The monoisotopic (exact) mass is 409 g/mol. The van der Waals surface area contributed by atoms with E-state index in [4.69, 9.17) is 12.2 Å². The third-order valence-corrected chi connectivity index (χ3v) is 4.84. The molecule has 0 saturated carbocycles. The fourth-order valence-electron chi connectivity index (χ4n) is 2.13. The van der Waals surface area contributed by atoms with Gasteiger partial charge in [0.2, 0.25) is 5.91 Å². The highest BCUT2D eigenvalue weighted by molar-refractivity contribution is 7.99. The summed E-state index contributed by atoms with van der Waals surface area (Å²) in [4.78, 5) is 12.4. The van der Waals surface area contributed by atoms with Crippen LogP contribution in [0.1, 0.15) is 31.7 Å². The first kappa shape index (κ1) is 21.1. The Bertz CT molecular complexity index is 798. The van der Waals surface area contributed by atoms with Gasteiger partial charge in [0.1, 0.15) is 0 Å². The smallest absolute Gasteiger partial charge is 0.239 e. The molecule has 144 valence electrons. The molecule has 0 aliphatic rings. The van der Waals surface area contributed by atoms with E-state index in [1.54, 1.807) is 0 Å². The number of nitrogens with one attached hydrogen (secondary N) is 3. The van der Waals surface area contributed by atoms with Gasteiger partial charge >= 0.3 is 0 Å². The molecule has 0 radical (unpaired) electrons. The van der Waals surface area contributed by atoms with Crippen LogP contribution >= 0.6 is 24.0 Å². The topological polar surface area (TPSA) is 53.2 Å². The molecule has 0 aliphatic heterocycles. The van der Waals surface area contributed by atoms with Crippen LogP contribution in [-0.4, -0.2) is 16.8 Å². The van der Waals surface area contributed by atoms with E-state index in [1.165, 1.54) is 23.4 Å². The molecule has 0 bridgehead atoms. The maximum Gasteiger partial charge on any atom is 0.239 e. The number of halogens is 2. The van der Waals surface area contributed by atoms with Crippen LogP contribution in [0.2, 0.25) is 0 Å². The first-order valence-corrected chi connectivity index (χ1v) is 9.78. The average molecular weight is 410 g/mol. The van der Waals surface area contributed by atoms with E-state index >= 15 is 0 Å². The summed E-state index contributed by atoms with van der Waals surface area (Å²) in [5, 5.41) is 3.25. The Morgan fingerprint density at radius 3 is 2.41 bits per heavy atom. The van der Waals surface area contributed by atoms with Crippen molar-refractivity contribution in [3.05, 3.63) is 59.7 Å². The lowest BCUT2D eigenvalue weighted by Crippen LogP contribution is -2.43. The number of hydrazine groups is 1. The molecule has 0 aliphatic carbocycles. The Morgan fingerprint density at radius 2 is 1.78 bits per heavy atom. The molecule has 0 atom stereocenters. The summed E-state index contributed by atoms with van der Waals surface area (Å²) in [6.45, 7) is 4.24. The number of benzene rings is 2. The van der Waals surface area contributed by atoms with E-state index in [-0.39, 0.29) is 17.4 Å². The summed E-state index contributed by atoms with van der Waals surface area (Å²) in [6, 6.07) is 11.5. The quantitative estimate of drug-likeness (QED) is 0.370. The standard InChI is InChI=1S/C19H21F2N3OS2/c1-12(2)13-3-5-14(6-4-13)22-19(26)24-23-18(25)9-10-27-15-7-8-16(20)17(21)11-15/h3-8,11-12H,9-10H2,1-2H3,(H,23,25)(H2,22,24,26). The van der Waals surface area contributed by atoms with Crippen LogP contribution in [0.3, 0.4) is 0 Å². The Balaban J connectivity index is 1.68. The molecule has 4 nitrogen and oxygen atoms in total. The lowest BCUT2D eigenvalue weighted by Gasteiger charge is -2.12. The predicted molar refractivity (Wildman–Crippen MR) is 110 cm³/mol. The molecule has 0 saturated heterocycles. The Hall–Kier alpha value is -2.19. The van der Waals surface area contributed by atoms with Crippen molar-refractivity contribution in [1.82, 2.24) is 10.9 Å². The molecule has 1 amide bonds. The van der Waals surface area contributed by atoms with Gasteiger partial charge in [-0.15, -0.1) is 11.8 Å². The second-order valence-corrected chi connectivity index (χ2v) is 7.65. The fourth-order valence-corrected chi connectivity index (χ4v) is 3.17. The van der Waals surface area contributed by atoms with Crippen molar-refractivity contribution in [3.8, 4) is 0 Å². The number of carbonyl (C=O) groups excluding carboxylic acids is 1.